The van der Waals surface area contributed by atoms with E-state index in [-0.39, 0.29) is 22.0 Å². The fourth-order valence-electron chi connectivity index (χ4n) is 6.91. The molecular weight excluding hydrogens is 645 g/mol. The summed E-state index contributed by atoms with van der Waals surface area (Å²) < 4.78 is 34.8. The van der Waals surface area contributed by atoms with Crippen molar-refractivity contribution in [2.24, 2.45) is 5.41 Å². The first-order valence-corrected chi connectivity index (χ1v) is 17.0. The highest BCUT2D eigenvalue weighted by atomic mass is 35.5. The predicted molar refractivity (Wildman–Crippen MR) is 173 cm³/mol. The zero-order valence-electron chi connectivity index (χ0n) is 26.3. The fourth-order valence-corrected chi connectivity index (χ4v) is 8.22. The maximum absolute atomic E-state index is 15.4. The molecule has 0 radical (unpaired) electrons. The Morgan fingerprint density at radius 1 is 1.15 bits per heavy atom. The number of hydrogen-bond acceptors (Lipinski definition) is 8. The summed E-state index contributed by atoms with van der Waals surface area (Å²) in [6.45, 7) is 6.89. The summed E-state index contributed by atoms with van der Waals surface area (Å²) in [5.41, 5.74) is 1.09. The third kappa shape index (κ3) is 5.27. The SMILES string of the molecule is CC(C)(C)OC(=O)N1C(C(=O)OCC(=O)c2ccc3c(c2)cc2n3C(c3cnc(C4CC4)s3)Oc3cc(Cl)cc(F)c3-2)CC2(C)CC12. The van der Waals surface area contributed by atoms with E-state index in [9.17, 15) is 14.4 Å². The Balaban J connectivity index is 1.06. The highest BCUT2D eigenvalue weighted by Gasteiger charge is 2.65. The van der Waals surface area contributed by atoms with Gasteiger partial charge in [0.15, 0.2) is 12.4 Å². The van der Waals surface area contributed by atoms with Gasteiger partial charge in [-0.25, -0.2) is 19.0 Å². The highest BCUT2D eigenvalue weighted by Crippen LogP contribution is 2.59. The summed E-state index contributed by atoms with van der Waals surface area (Å²) in [6, 6.07) is 8.97. The fraction of sp³-hybridized carbons (Fsp3) is 0.429. The van der Waals surface area contributed by atoms with Crippen molar-refractivity contribution in [1.82, 2.24) is 14.5 Å². The molecule has 2 aliphatic carbocycles. The molecular formula is C35H33ClFN3O6S. The number of rotatable bonds is 6. The van der Waals surface area contributed by atoms with Crippen LogP contribution in [-0.2, 0) is 14.3 Å². The van der Waals surface area contributed by atoms with E-state index in [2.05, 4.69) is 4.98 Å². The molecule has 4 aliphatic rings. The third-order valence-corrected chi connectivity index (χ3v) is 10.9. The van der Waals surface area contributed by atoms with Crippen molar-refractivity contribution in [3.05, 3.63) is 68.9 Å². The number of fused-ring (bicyclic) bond motifs is 6. The molecule has 2 saturated carbocycles. The summed E-state index contributed by atoms with van der Waals surface area (Å²) >= 11 is 7.80. The zero-order valence-corrected chi connectivity index (χ0v) is 27.9. The molecule has 47 heavy (non-hydrogen) atoms. The molecule has 4 aromatic rings. The van der Waals surface area contributed by atoms with Crippen molar-refractivity contribution in [3.63, 3.8) is 0 Å². The van der Waals surface area contributed by atoms with Crippen molar-refractivity contribution >= 4 is 51.7 Å². The van der Waals surface area contributed by atoms with Gasteiger partial charge < -0.3 is 14.2 Å². The van der Waals surface area contributed by atoms with Crippen LogP contribution >= 0.6 is 22.9 Å². The zero-order chi connectivity index (χ0) is 33.0. The lowest BCUT2D eigenvalue weighted by atomic mass is 10.0. The van der Waals surface area contributed by atoms with E-state index in [1.54, 1.807) is 56.4 Å². The molecule has 1 amide bonds. The first-order valence-electron chi connectivity index (χ1n) is 15.8. The number of thiazole rings is 1. The number of esters is 1. The number of benzene rings is 2. The minimum Gasteiger partial charge on any atom is -0.464 e. The number of piperidine rings is 1. The largest absolute Gasteiger partial charge is 0.464 e. The maximum atomic E-state index is 15.4. The number of amides is 1. The first-order chi connectivity index (χ1) is 22.3. The van der Waals surface area contributed by atoms with E-state index < -0.39 is 48.1 Å². The van der Waals surface area contributed by atoms with Crippen LogP contribution in [0.15, 0.2) is 42.6 Å². The summed E-state index contributed by atoms with van der Waals surface area (Å²) in [7, 11) is 0. The molecule has 244 valence electrons. The molecule has 1 saturated heterocycles. The summed E-state index contributed by atoms with van der Waals surface area (Å²) in [6.07, 6.45) is 4.16. The van der Waals surface area contributed by atoms with Crippen LogP contribution in [0.4, 0.5) is 9.18 Å². The van der Waals surface area contributed by atoms with Gasteiger partial charge in [-0.05, 0) is 88.3 Å². The predicted octanol–water partition coefficient (Wildman–Crippen LogP) is 7.89. The Hall–Kier alpha value is -3.96. The van der Waals surface area contributed by atoms with Crippen LogP contribution in [0.3, 0.4) is 0 Å². The number of Topliss-reactive ketones (excluding diaryl/α,β-unsaturated/α-hetero) is 1. The molecule has 0 bridgehead atoms. The smallest absolute Gasteiger partial charge is 0.411 e. The number of ether oxygens (including phenoxy) is 3. The standard InChI is InChI=1S/C35H33ClFN3O6S/c1-34(2,3)46-33(43)40-24(13-35(4)14-28(35)40)32(42)44-16-25(41)18-7-8-22-19(9-18)10-23-29-21(37)11-20(36)12-26(29)45-31(39(22)23)27-15-38-30(47-27)17-5-6-17/h7-12,15,17,24,28,31H,5-6,13-14,16H2,1-4H3. The number of ketones is 1. The van der Waals surface area contributed by atoms with Gasteiger partial charge in [-0.3, -0.25) is 14.3 Å². The van der Waals surface area contributed by atoms with Crippen molar-refractivity contribution in [2.45, 2.75) is 83.2 Å². The number of carbonyl (C=O) groups excluding carboxylic acids is 3. The van der Waals surface area contributed by atoms with Crippen molar-refractivity contribution in [2.75, 3.05) is 6.61 Å². The van der Waals surface area contributed by atoms with Crippen LogP contribution in [0.25, 0.3) is 22.2 Å². The van der Waals surface area contributed by atoms with Gasteiger partial charge in [0.1, 0.15) is 23.2 Å². The Bertz CT molecular complexity index is 2000. The van der Waals surface area contributed by atoms with Crippen LogP contribution in [-0.4, -0.2) is 56.6 Å². The normalized spacial score (nSPS) is 24.3. The summed E-state index contributed by atoms with van der Waals surface area (Å²) in [5.74, 6) is -0.731. The van der Waals surface area contributed by atoms with Crippen LogP contribution in [0.5, 0.6) is 5.75 Å². The van der Waals surface area contributed by atoms with Crippen LogP contribution in [0.1, 0.15) is 85.8 Å². The molecule has 8 rings (SSSR count). The molecule has 4 unspecified atom stereocenters. The number of aromatic nitrogens is 2. The van der Waals surface area contributed by atoms with Crippen molar-refractivity contribution < 1.29 is 33.0 Å². The van der Waals surface area contributed by atoms with Gasteiger partial charge >= 0.3 is 12.1 Å². The number of halogens is 2. The first kappa shape index (κ1) is 30.4. The molecule has 12 heteroatoms. The van der Waals surface area contributed by atoms with Crippen LogP contribution in [0, 0.1) is 11.2 Å². The molecule has 3 fully saturated rings. The number of hydrogen-bond donors (Lipinski definition) is 0. The quantitative estimate of drug-likeness (QED) is 0.151. The Morgan fingerprint density at radius 3 is 2.68 bits per heavy atom. The van der Waals surface area contributed by atoms with E-state index in [0.717, 1.165) is 34.7 Å². The van der Waals surface area contributed by atoms with Crippen molar-refractivity contribution in [1.29, 1.82) is 0 Å². The molecule has 2 aromatic heterocycles. The maximum Gasteiger partial charge on any atom is 0.411 e. The van der Waals surface area contributed by atoms with E-state index in [0.29, 0.717) is 34.7 Å². The molecule has 4 atom stereocenters. The second-order valence-corrected chi connectivity index (χ2v) is 15.8. The molecule has 0 N–H and O–H groups in total. The summed E-state index contributed by atoms with van der Waals surface area (Å²) in [5, 5.41) is 1.98. The minimum absolute atomic E-state index is 0.0852. The van der Waals surface area contributed by atoms with Gasteiger partial charge in [0, 0.05) is 34.1 Å². The molecule has 9 nitrogen and oxygen atoms in total. The molecule has 2 aromatic carbocycles. The Morgan fingerprint density at radius 2 is 1.94 bits per heavy atom. The van der Waals surface area contributed by atoms with E-state index in [1.807, 2.05) is 23.8 Å². The Kier molecular flexibility index (Phi) is 6.80. The molecule has 4 heterocycles. The second-order valence-electron chi connectivity index (χ2n) is 14.3. The highest BCUT2D eigenvalue weighted by molar-refractivity contribution is 7.11. The van der Waals surface area contributed by atoms with Gasteiger partial charge in [-0.15, -0.1) is 11.3 Å². The minimum atomic E-state index is -0.811. The number of nitrogens with zero attached hydrogens (tertiary/aromatic N) is 3. The van der Waals surface area contributed by atoms with E-state index in [4.69, 9.17) is 25.8 Å². The van der Waals surface area contributed by atoms with Gasteiger partial charge in [0.25, 0.3) is 0 Å². The third-order valence-electron chi connectivity index (χ3n) is 9.48. The van der Waals surface area contributed by atoms with Gasteiger partial charge in [-0.2, -0.15) is 0 Å². The lowest BCUT2D eigenvalue weighted by Gasteiger charge is -2.29. The van der Waals surface area contributed by atoms with Crippen LogP contribution in [0.2, 0.25) is 5.02 Å². The Labute approximate surface area is 279 Å². The van der Waals surface area contributed by atoms with Gasteiger partial charge in [-0.1, -0.05) is 18.5 Å². The van der Waals surface area contributed by atoms with Gasteiger partial charge in [0.2, 0.25) is 6.23 Å². The lowest BCUT2D eigenvalue weighted by Crippen LogP contribution is -2.46. The average molecular weight is 678 g/mol. The number of carbonyl (C=O) groups is 3. The second kappa shape index (κ2) is 10.5. The van der Waals surface area contributed by atoms with E-state index >= 15 is 4.39 Å². The molecule has 2 aliphatic heterocycles. The summed E-state index contributed by atoms with van der Waals surface area (Å²) in [4.78, 5) is 46.5. The average Bonchev–Trinajstić information content (AvgIpc) is 3.80. The van der Waals surface area contributed by atoms with E-state index in [1.165, 1.54) is 11.0 Å². The topological polar surface area (TPSA) is 100.0 Å². The molecule has 0 spiro atoms. The van der Waals surface area contributed by atoms with Crippen molar-refractivity contribution in [3.8, 4) is 17.0 Å². The lowest BCUT2D eigenvalue weighted by molar-refractivity contribution is -0.148. The number of likely N-dealkylation sites (tertiary alicyclic amines) is 1. The monoisotopic (exact) mass is 677 g/mol. The van der Waals surface area contributed by atoms with Crippen LogP contribution < -0.4 is 4.74 Å². The van der Waals surface area contributed by atoms with Gasteiger partial charge in [0.05, 0.1) is 26.7 Å².